The molecule has 0 radical (unpaired) electrons. The van der Waals surface area contributed by atoms with Crippen LogP contribution in [-0.4, -0.2) is 22.7 Å². The first-order chi connectivity index (χ1) is 10.9. The predicted molar refractivity (Wildman–Crippen MR) is 88.3 cm³/mol. The average molecular weight is 313 g/mol. The minimum Gasteiger partial charge on any atom is -0.492 e. The van der Waals surface area contributed by atoms with Crippen LogP contribution in [0.15, 0.2) is 30.3 Å². The summed E-state index contributed by atoms with van der Waals surface area (Å²) in [5.41, 5.74) is 3.01. The molecule has 5 nitrogen and oxygen atoms in total. The lowest BCUT2D eigenvalue weighted by Crippen LogP contribution is -2.37. The van der Waals surface area contributed by atoms with E-state index in [2.05, 4.69) is 36.3 Å². The lowest BCUT2D eigenvalue weighted by molar-refractivity contribution is -0.126. The van der Waals surface area contributed by atoms with Gasteiger partial charge in [0.25, 0.3) is 0 Å². The number of benzene rings is 1. The highest BCUT2D eigenvalue weighted by Gasteiger charge is 2.25. The molecule has 0 spiro atoms. The first-order valence-electron chi connectivity index (χ1n) is 7.96. The van der Waals surface area contributed by atoms with Crippen LogP contribution < -0.4 is 10.1 Å². The Balaban J connectivity index is 1.57. The SMILES string of the molecule is CC(C)(C)c1cc(CNC(=O)C2COc3ccccc3C2)[nH]n1. The molecule has 122 valence electrons. The zero-order chi connectivity index (χ0) is 16.4. The summed E-state index contributed by atoms with van der Waals surface area (Å²) in [6.07, 6.45) is 0.720. The predicted octanol–water partition coefficient (Wildman–Crippen LogP) is 2.57. The summed E-state index contributed by atoms with van der Waals surface area (Å²) in [7, 11) is 0. The summed E-state index contributed by atoms with van der Waals surface area (Å²) in [4.78, 5) is 12.4. The number of aromatic amines is 1. The molecule has 1 atom stereocenters. The standard InChI is InChI=1S/C18H23N3O2/c1-18(2,3)16-9-14(20-21-16)10-19-17(22)13-8-12-6-4-5-7-15(12)23-11-13/h4-7,9,13H,8,10-11H2,1-3H3,(H,19,22)(H,20,21). The quantitative estimate of drug-likeness (QED) is 0.915. The molecule has 0 fully saturated rings. The van der Waals surface area contributed by atoms with E-state index in [0.717, 1.165) is 29.1 Å². The highest BCUT2D eigenvalue weighted by Crippen LogP contribution is 2.27. The number of rotatable bonds is 3. The van der Waals surface area contributed by atoms with Crippen molar-refractivity contribution in [3.63, 3.8) is 0 Å². The van der Waals surface area contributed by atoms with Crippen molar-refractivity contribution in [2.75, 3.05) is 6.61 Å². The van der Waals surface area contributed by atoms with Gasteiger partial charge in [0.2, 0.25) is 5.91 Å². The molecule has 1 aromatic heterocycles. The molecule has 2 N–H and O–H groups in total. The zero-order valence-electron chi connectivity index (χ0n) is 13.8. The Labute approximate surface area is 136 Å². The Kier molecular flexibility index (Phi) is 4.11. The van der Waals surface area contributed by atoms with Gasteiger partial charge in [0, 0.05) is 5.41 Å². The number of amides is 1. The van der Waals surface area contributed by atoms with E-state index in [-0.39, 0.29) is 17.2 Å². The number of carbonyl (C=O) groups excluding carboxylic acids is 1. The normalized spacial score (nSPS) is 17.3. The van der Waals surface area contributed by atoms with Crippen molar-refractivity contribution in [1.29, 1.82) is 0 Å². The van der Waals surface area contributed by atoms with Gasteiger partial charge in [-0.2, -0.15) is 5.10 Å². The molecule has 1 amide bonds. The zero-order valence-corrected chi connectivity index (χ0v) is 13.8. The second kappa shape index (κ2) is 6.07. The fourth-order valence-electron chi connectivity index (χ4n) is 2.66. The van der Waals surface area contributed by atoms with E-state index in [9.17, 15) is 4.79 Å². The molecular formula is C18H23N3O2. The van der Waals surface area contributed by atoms with Crippen molar-refractivity contribution in [1.82, 2.24) is 15.5 Å². The molecule has 2 aromatic rings. The van der Waals surface area contributed by atoms with E-state index in [1.807, 2.05) is 30.3 Å². The van der Waals surface area contributed by atoms with Crippen LogP contribution in [0.3, 0.4) is 0 Å². The van der Waals surface area contributed by atoms with Gasteiger partial charge >= 0.3 is 0 Å². The van der Waals surface area contributed by atoms with Gasteiger partial charge in [-0.25, -0.2) is 0 Å². The fraction of sp³-hybridized carbons (Fsp3) is 0.444. The van der Waals surface area contributed by atoms with Crippen LogP contribution in [0, 0.1) is 5.92 Å². The third kappa shape index (κ3) is 3.55. The molecule has 0 saturated heterocycles. The third-order valence-electron chi connectivity index (χ3n) is 4.10. The minimum absolute atomic E-state index is 0.000318. The summed E-state index contributed by atoms with van der Waals surface area (Å²) in [6.45, 7) is 7.23. The number of H-pyrrole nitrogens is 1. The number of fused-ring (bicyclic) bond motifs is 1. The monoisotopic (exact) mass is 313 g/mol. The van der Waals surface area contributed by atoms with E-state index in [4.69, 9.17) is 4.74 Å². The van der Waals surface area contributed by atoms with Crippen LogP contribution in [0.5, 0.6) is 5.75 Å². The number of aromatic nitrogens is 2. The van der Waals surface area contributed by atoms with E-state index >= 15 is 0 Å². The van der Waals surface area contributed by atoms with Crippen LogP contribution >= 0.6 is 0 Å². The highest BCUT2D eigenvalue weighted by atomic mass is 16.5. The van der Waals surface area contributed by atoms with Crippen LogP contribution in [0.4, 0.5) is 0 Å². The summed E-state index contributed by atoms with van der Waals surface area (Å²) in [5, 5.41) is 10.3. The maximum absolute atomic E-state index is 12.4. The lowest BCUT2D eigenvalue weighted by atomic mass is 9.92. The number of nitrogens with one attached hydrogen (secondary N) is 2. The van der Waals surface area contributed by atoms with Gasteiger partial charge in [-0.3, -0.25) is 9.89 Å². The van der Waals surface area contributed by atoms with Crippen LogP contribution in [0.1, 0.15) is 37.7 Å². The van der Waals surface area contributed by atoms with Gasteiger partial charge < -0.3 is 10.1 Å². The Hall–Kier alpha value is -2.30. The minimum atomic E-state index is -0.144. The first-order valence-corrected chi connectivity index (χ1v) is 7.96. The number of para-hydroxylation sites is 1. The van der Waals surface area contributed by atoms with Gasteiger partial charge in [0.1, 0.15) is 12.4 Å². The van der Waals surface area contributed by atoms with Crippen LogP contribution in [0.2, 0.25) is 0 Å². The van der Waals surface area contributed by atoms with Crippen molar-refractivity contribution >= 4 is 5.91 Å². The van der Waals surface area contributed by atoms with E-state index in [1.54, 1.807) is 0 Å². The Morgan fingerprint density at radius 1 is 1.39 bits per heavy atom. The molecular weight excluding hydrogens is 290 g/mol. The molecule has 23 heavy (non-hydrogen) atoms. The van der Waals surface area contributed by atoms with E-state index < -0.39 is 0 Å². The van der Waals surface area contributed by atoms with Gasteiger partial charge in [0.05, 0.1) is 23.9 Å². The summed E-state index contributed by atoms with van der Waals surface area (Å²) >= 11 is 0. The van der Waals surface area contributed by atoms with Crippen molar-refractivity contribution in [3.8, 4) is 5.75 Å². The topological polar surface area (TPSA) is 67.0 Å². The Morgan fingerprint density at radius 3 is 2.91 bits per heavy atom. The second-order valence-electron chi connectivity index (χ2n) is 7.07. The van der Waals surface area contributed by atoms with Crippen molar-refractivity contribution in [2.45, 2.75) is 39.2 Å². The van der Waals surface area contributed by atoms with Gasteiger partial charge in [-0.15, -0.1) is 0 Å². The molecule has 1 aliphatic heterocycles. The summed E-state index contributed by atoms with van der Waals surface area (Å²) < 4.78 is 5.68. The molecule has 3 rings (SSSR count). The van der Waals surface area contributed by atoms with Crippen LogP contribution in [0.25, 0.3) is 0 Å². The van der Waals surface area contributed by atoms with Crippen molar-refractivity contribution in [3.05, 3.63) is 47.3 Å². The molecule has 2 heterocycles. The summed E-state index contributed by atoms with van der Waals surface area (Å²) in [5.74, 6) is 0.765. The smallest absolute Gasteiger partial charge is 0.227 e. The maximum atomic E-state index is 12.4. The molecule has 0 aliphatic carbocycles. The molecule has 1 aromatic carbocycles. The average Bonchev–Trinajstić information content (AvgIpc) is 3.01. The molecule has 0 saturated carbocycles. The van der Waals surface area contributed by atoms with Gasteiger partial charge in [-0.1, -0.05) is 39.0 Å². The maximum Gasteiger partial charge on any atom is 0.227 e. The lowest BCUT2D eigenvalue weighted by Gasteiger charge is -2.24. The first kappa shape index (κ1) is 15.6. The Bertz CT molecular complexity index is 700. The largest absolute Gasteiger partial charge is 0.492 e. The fourth-order valence-corrected chi connectivity index (χ4v) is 2.66. The highest BCUT2D eigenvalue weighted by molar-refractivity contribution is 5.79. The van der Waals surface area contributed by atoms with Crippen molar-refractivity contribution < 1.29 is 9.53 Å². The summed E-state index contributed by atoms with van der Waals surface area (Å²) in [6, 6.07) is 9.89. The van der Waals surface area contributed by atoms with Gasteiger partial charge in [-0.05, 0) is 24.1 Å². The second-order valence-corrected chi connectivity index (χ2v) is 7.07. The molecule has 0 bridgehead atoms. The number of hydrogen-bond acceptors (Lipinski definition) is 3. The number of hydrogen-bond donors (Lipinski definition) is 2. The molecule has 1 unspecified atom stereocenters. The number of nitrogens with zero attached hydrogens (tertiary/aromatic N) is 1. The van der Waals surface area contributed by atoms with Gasteiger partial charge in [0.15, 0.2) is 0 Å². The third-order valence-corrected chi connectivity index (χ3v) is 4.10. The van der Waals surface area contributed by atoms with Crippen LogP contribution in [-0.2, 0) is 23.2 Å². The molecule has 5 heteroatoms. The number of carbonyl (C=O) groups is 1. The van der Waals surface area contributed by atoms with E-state index in [1.165, 1.54) is 0 Å². The Morgan fingerprint density at radius 2 is 2.17 bits per heavy atom. The molecule has 1 aliphatic rings. The van der Waals surface area contributed by atoms with E-state index in [0.29, 0.717) is 13.2 Å². The van der Waals surface area contributed by atoms with Crippen molar-refractivity contribution in [2.24, 2.45) is 5.92 Å². The number of ether oxygens (including phenoxy) is 1.